The highest BCUT2D eigenvalue weighted by molar-refractivity contribution is 5.98. The number of carbonyl (C=O) groups is 1. The Hall–Kier alpha value is -1.13. The largest absolute Gasteiger partial charge is 0.351 e. The number of aromatic nitrogens is 1. The first-order valence-electron chi connectivity index (χ1n) is 6.82. The predicted molar refractivity (Wildman–Crippen MR) is 79.9 cm³/mol. The molecule has 0 aliphatic carbocycles. The van der Waals surface area contributed by atoms with E-state index in [9.17, 15) is 4.79 Å². The van der Waals surface area contributed by atoms with E-state index in [1.807, 2.05) is 34.0 Å². The van der Waals surface area contributed by atoms with Crippen LogP contribution in [0.3, 0.4) is 0 Å². The van der Waals surface area contributed by atoms with Gasteiger partial charge in [0, 0.05) is 24.0 Å². The summed E-state index contributed by atoms with van der Waals surface area (Å²) < 4.78 is 2.07. The zero-order valence-electron chi connectivity index (χ0n) is 13.2. The highest BCUT2D eigenvalue weighted by atomic mass is 16.1. The second-order valence-corrected chi connectivity index (χ2v) is 5.66. The maximum atomic E-state index is 12.3. The smallest absolute Gasteiger partial charge is 0.178 e. The molecule has 0 bridgehead atoms. The molecule has 0 N–H and O–H groups in total. The number of rotatable bonds is 7. The Kier molecular flexibility index (Phi) is 5.76. The Morgan fingerprint density at radius 1 is 1.21 bits per heavy atom. The minimum Gasteiger partial charge on any atom is -0.351 e. The average molecular weight is 265 g/mol. The van der Waals surface area contributed by atoms with Gasteiger partial charge in [-0.3, -0.25) is 9.69 Å². The minimum atomic E-state index is 0.216. The molecule has 0 aliphatic rings. The van der Waals surface area contributed by atoms with Crippen molar-refractivity contribution in [2.24, 2.45) is 7.05 Å². The monoisotopic (exact) mass is 265 g/mol. The summed E-state index contributed by atoms with van der Waals surface area (Å²) in [6.45, 7) is 6.55. The molecule has 1 aromatic heterocycles. The van der Waals surface area contributed by atoms with E-state index in [1.54, 1.807) is 0 Å². The van der Waals surface area contributed by atoms with E-state index in [4.69, 9.17) is 0 Å². The van der Waals surface area contributed by atoms with Gasteiger partial charge in [-0.2, -0.15) is 0 Å². The van der Waals surface area contributed by atoms with Gasteiger partial charge in [-0.25, -0.2) is 0 Å². The summed E-state index contributed by atoms with van der Waals surface area (Å²) in [4.78, 5) is 16.5. The van der Waals surface area contributed by atoms with Crippen LogP contribution in [0.1, 0.15) is 28.2 Å². The third-order valence-electron chi connectivity index (χ3n) is 3.63. The molecule has 0 aromatic carbocycles. The van der Waals surface area contributed by atoms with Crippen molar-refractivity contribution in [1.29, 1.82) is 0 Å². The molecule has 0 atom stereocenters. The zero-order chi connectivity index (χ0) is 14.6. The predicted octanol–water partition coefficient (Wildman–Crippen LogP) is 1.71. The van der Waals surface area contributed by atoms with E-state index in [1.165, 1.54) is 0 Å². The normalized spacial score (nSPS) is 11.6. The first-order valence-corrected chi connectivity index (χ1v) is 6.82. The fourth-order valence-electron chi connectivity index (χ4n) is 2.20. The fraction of sp³-hybridized carbons (Fsp3) is 0.667. The molecular formula is C15H27N3O. The van der Waals surface area contributed by atoms with Crippen LogP contribution in [0.2, 0.25) is 0 Å². The van der Waals surface area contributed by atoms with Crippen LogP contribution < -0.4 is 0 Å². The van der Waals surface area contributed by atoms with Gasteiger partial charge in [-0.05, 0) is 60.6 Å². The summed E-state index contributed by atoms with van der Waals surface area (Å²) in [5, 5.41) is 0. The summed E-state index contributed by atoms with van der Waals surface area (Å²) in [7, 11) is 8.16. The molecular weight excluding hydrogens is 238 g/mol. The molecule has 0 aliphatic heterocycles. The molecule has 0 amide bonds. The van der Waals surface area contributed by atoms with E-state index in [2.05, 4.69) is 28.5 Å². The molecule has 0 unspecified atom stereocenters. The van der Waals surface area contributed by atoms with Crippen LogP contribution in [0.4, 0.5) is 0 Å². The summed E-state index contributed by atoms with van der Waals surface area (Å²) in [6, 6.07) is 1.99. The third-order valence-corrected chi connectivity index (χ3v) is 3.63. The van der Waals surface area contributed by atoms with Crippen molar-refractivity contribution in [3.63, 3.8) is 0 Å². The molecule has 108 valence electrons. The van der Waals surface area contributed by atoms with E-state index < -0.39 is 0 Å². The minimum absolute atomic E-state index is 0.216. The van der Waals surface area contributed by atoms with E-state index in [-0.39, 0.29) is 5.78 Å². The lowest BCUT2D eigenvalue weighted by Gasteiger charge is -2.17. The molecule has 0 saturated heterocycles. The molecule has 1 rings (SSSR count). The summed E-state index contributed by atoms with van der Waals surface area (Å²) >= 11 is 0. The van der Waals surface area contributed by atoms with Crippen LogP contribution in [0.25, 0.3) is 0 Å². The van der Waals surface area contributed by atoms with Gasteiger partial charge in [0.05, 0.1) is 6.54 Å². The average Bonchev–Trinajstić information content (AvgIpc) is 2.56. The summed E-state index contributed by atoms with van der Waals surface area (Å²) in [5.41, 5.74) is 3.06. The van der Waals surface area contributed by atoms with Crippen molar-refractivity contribution < 1.29 is 4.79 Å². The van der Waals surface area contributed by atoms with Crippen molar-refractivity contribution >= 4 is 5.78 Å². The maximum Gasteiger partial charge on any atom is 0.178 e. The molecule has 0 fully saturated rings. The zero-order valence-corrected chi connectivity index (χ0v) is 13.2. The molecule has 1 aromatic rings. The first-order chi connectivity index (χ1) is 8.82. The van der Waals surface area contributed by atoms with Crippen molar-refractivity contribution in [3.05, 3.63) is 23.0 Å². The Balaban J connectivity index is 2.52. The second-order valence-electron chi connectivity index (χ2n) is 5.66. The quantitative estimate of drug-likeness (QED) is 0.703. The Morgan fingerprint density at radius 3 is 2.32 bits per heavy atom. The van der Waals surface area contributed by atoms with E-state index in [0.29, 0.717) is 6.54 Å². The van der Waals surface area contributed by atoms with Crippen LogP contribution in [0, 0.1) is 13.8 Å². The van der Waals surface area contributed by atoms with E-state index >= 15 is 0 Å². The highest BCUT2D eigenvalue weighted by Crippen LogP contribution is 2.14. The van der Waals surface area contributed by atoms with Crippen molar-refractivity contribution in [1.82, 2.24) is 14.4 Å². The SMILES string of the molecule is Cc1cc(C(=O)CN(C)CCCN(C)C)c(C)n1C. The van der Waals surface area contributed by atoms with Crippen molar-refractivity contribution in [3.8, 4) is 0 Å². The number of hydrogen-bond donors (Lipinski definition) is 0. The van der Waals surface area contributed by atoms with Crippen LogP contribution in [0.15, 0.2) is 6.07 Å². The molecule has 1 heterocycles. The number of Topliss-reactive ketones (excluding diaryl/α,β-unsaturated/α-hetero) is 1. The van der Waals surface area contributed by atoms with Crippen LogP contribution in [0.5, 0.6) is 0 Å². The second kappa shape index (κ2) is 6.87. The lowest BCUT2D eigenvalue weighted by atomic mass is 10.1. The Labute approximate surface area is 117 Å². The number of nitrogens with zero attached hydrogens (tertiary/aromatic N) is 3. The number of ketones is 1. The van der Waals surface area contributed by atoms with Crippen molar-refractivity contribution in [2.45, 2.75) is 20.3 Å². The Bertz CT molecular complexity index is 435. The first kappa shape index (κ1) is 15.9. The number of carbonyl (C=O) groups excluding carboxylic acids is 1. The van der Waals surface area contributed by atoms with Gasteiger partial charge in [-0.1, -0.05) is 0 Å². The van der Waals surface area contributed by atoms with Crippen molar-refractivity contribution in [2.75, 3.05) is 40.8 Å². The lowest BCUT2D eigenvalue weighted by Crippen LogP contribution is -2.29. The van der Waals surface area contributed by atoms with Crippen LogP contribution in [-0.4, -0.2) is 60.9 Å². The summed E-state index contributed by atoms with van der Waals surface area (Å²) in [5.74, 6) is 0.216. The number of aryl methyl sites for hydroxylation is 1. The lowest BCUT2D eigenvalue weighted by molar-refractivity contribution is 0.0944. The topological polar surface area (TPSA) is 28.5 Å². The van der Waals surface area contributed by atoms with Gasteiger partial charge in [0.25, 0.3) is 0 Å². The molecule has 0 radical (unpaired) electrons. The Morgan fingerprint density at radius 2 is 1.84 bits per heavy atom. The van der Waals surface area contributed by atoms with E-state index in [0.717, 1.165) is 36.5 Å². The molecule has 4 nitrogen and oxygen atoms in total. The summed E-state index contributed by atoms with van der Waals surface area (Å²) in [6.07, 6.45) is 1.09. The van der Waals surface area contributed by atoms with Gasteiger partial charge in [0.15, 0.2) is 5.78 Å². The van der Waals surface area contributed by atoms with Gasteiger partial charge in [0.1, 0.15) is 0 Å². The van der Waals surface area contributed by atoms with Crippen LogP contribution in [-0.2, 0) is 7.05 Å². The standard InChI is InChI=1S/C15H27N3O/c1-12-10-14(13(2)18(12)6)15(19)11-17(5)9-7-8-16(3)4/h10H,7-9,11H2,1-6H3. The number of hydrogen-bond acceptors (Lipinski definition) is 3. The van der Waals surface area contributed by atoms with Gasteiger partial charge in [0.2, 0.25) is 0 Å². The third kappa shape index (κ3) is 4.48. The molecule has 19 heavy (non-hydrogen) atoms. The van der Waals surface area contributed by atoms with Gasteiger partial charge in [-0.15, -0.1) is 0 Å². The fourth-order valence-corrected chi connectivity index (χ4v) is 2.20. The maximum absolute atomic E-state index is 12.3. The van der Waals surface area contributed by atoms with Gasteiger partial charge < -0.3 is 9.47 Å². The number of likely N-dealkylation sites (N-methyl/N-ethyl adjacent to an activating group) is 1. The van der Waals surface area contributed by atoms with Gasteiger partial charge >= 0.3 is 0 Å². The molecule has 4 heteroatoms. The van der Waals surface area contributed by atoms with Crippen LogP contribution >= 0.6 is 0 Å². The highest BCUT2D eigenvalue weighted by Gasteiger charge is 2.15. The molecule has 0 saturated carbocycles. The molecule has 0 spiro atoms.